The molecule has 2 aromatic rings. The summed E-state index contributed by atoms with van der Waals surface area (Å²) in [7, 11) is 5.35. The van der Waals surface area contributed by atoms with Crippen molar-refractivity contribution in [2.75, 3.05) is 60.5 Å². The van der Waals surface area contributed by atoms with Gasteiger partial charge in [-0.05, 0) is 42.9 Å². The van der Waals surface area contributed by atoms with E-state index >= 15 is 0 Å². The predicted molar refractivity (Wildman–Crippen MR) is 136 cm³/mol. The van der Waals surface area contributed by atoms with Gasteiger partial charge in [0.15, 0.2) is 11.5 Å². The van der Waals surface area contributed by atoms with Crippen molar-refractivity contribution in [3.8, 4) is 11.5 Å². The van der Waals surface area contributed by atoms with Gasteiger partial charge >= 0.3 is 0 Å². The van der Waals surface area contributed by atoms with E-state index < -0.39 is 5.79 Å². The molecule has 5 N–H and O–H groups in total. The Kier molecular flexibility index (Phi) is 8.01. The Morgan fingerprint density at radius 3 is 2.49 bits per heavy atom. The number of nitrogens with two attached hydrogens (primary N) is 1. The van der Waals surface area contributed by atoms with Gasteiger partial charge in [-0.2, -0.15) is 4.99 Å². The van der Waals surface area contributed by atoms with Gasteiger partial charge < -0.3 is 30.3 Å². The topological polar surface area (TPSA) is 125 Å². The summed E-state index contributed by atoms with van der Waals surface area (Å²) in [5.74, 6) is 0.932. The molecule has 0 aliphatic carbocycles. The summed E-state index contributed by atoms with van der Waals surface area (Å²) in [6.07, 6.45) is 3.52. The fourth-order valence-corrected chi connectivity index (χ4v) is 3.99. The Balaban J connectivity index is 1.51. The molecule has 1 unspecified atom stereocenters. The van der Waals surface area contributed by atoms with Crippen LogP contribution < -0.4 is 31.2 Å². The van der Waals surface area contributed by atoms with Crippen molar-refractivity contribution in [3.05, 3.63) is 53.9 Å². The molecular formula is C24H35N9O2. The van der Waals surface area contributed by atoms with Gasteiger partial charge in [0.2, 0.25) is 17.7 Å². The van der Waals surface area contributed by atoms with E-state index in [2.05, 4.69) is 42.8 Å². The van der Waals surface area contributed by atoms with Gasteiger partial charge in [-0.1, -0.05) is 0 Å². The zero-order chi connectivity index (χ0) is 24.7. The quantitative estimate of drug-likeness (QED) is 0.416. The average Bonchev–Trinajstić information content (AvgIpc) is 2.88. The van der Waals surface area contributed by atoms with Crippen LogP contribution in [0.2, 0.25) is 0 Å². The van der Waals surface area contributed by atoms with Crippen LogP contribution in [0.15, 0.2) is 52.7 Å². The lowest BCUT2D eigenvalue weighted by atomic mass is 10.1. The summed E-state index contributed by atoms with van der Waals surface area (Å²) < 4.78 is 10.9. The normalized spacial score (nSPS) is 20.9. The van der Waals surface area contributed by atoms with Crippen molar-refractivity contribution in [2.45, 2.75) is 12.3 Å². The predicted octanol–water partition coefficient (Wildman–Crippen LogP) is 0.110. The number of guanidine groups is 2. The number of hydrogen-bond acceptors (Lipinski definition) is 11. The number of likely N-dealkylation sites (N-methyl/N-ethyl adjacent to an activating group) is 1. The molecule has 4 rings (SSSR count). The number of rotatable bonds is 8. The number of benzene rings is 1. The first kappa shape index (κ1) is 24.7. The van der Waals surface area contributed by atoms with Gasteiger partial charge in [-0.3, -0.25) is 15.6 Å². The lowest BCUT2D eigenvalue weighted by Gasteiger charge is -2.34. The van der Waals surface area contributed by atoms with Crippen molar-refractivity contribution in [1.29, 1.82) is 0 Å². The number of hydrogen-bond donors (Lipinski definition) is 4. The maximum atomic E-state index is 6.79. The summed E-state index contributed by atoms with van der Waals surface area (Å²) in [6.45, 7) is 6.45. The molecule has 1 saturated heterocycles. The molecule has 0 spiro atoms. The molecule has 1 aromatic heterocycles. The third-order valence-corrected chi connectivity index (χ3v) is 6.15. The number of aromatic nitrogens is 1. The minimum Gasteiger partial charge on any atom is -0.493 e. The van der Waals surface area contributed by atoms with Gasteiger partial charge in [0, 0.05) is 63.8 Å². The highest BCUT2D eigenvalue weighted by atomic mass is 16.5. The van der Waals surface area contributed by atoms with Crippen LogP contribution in [0.25, 0.3) is 0 Å². The maximum Gasteiger partial charge on any atom is 0.225 e. The highest BCUT2D eigenvalue weighted by Crippen LogP contribution is 2.31. The summed E-state index contributed by atoms with van der Waals surface area (Å²) in [4.78, 5) is 18.2. The molecule has 1 atom stereocenters. The van der Waals surface area contributed by atoms with E-state index in [1.54, 1.807) is 26.6 Å². The second kappa shape index (κ2) is 11.3. The molecule has 35 heavy (non-hydrogen) atoms. The molecule has 0 bridgehead atoms. The Bertz CT molecular complexity index is 1040. The van der Waals surface area contributed by atoms with E-state index in [1.807, 2.05) is 30.3 Å². The smallest absolute Gasteiger partial charge is 0.225 e. The van der Waals surface area contributed by atoms with Crippen LogP contribution >= 0.6 is 0 Å². The zero-order valence-corrected chi connectivity index (χ0v) is 20.6. The molecule has 2 aliphatic rings. The van der Waals surface area contributed by atoms with Gasteiger partial charge in [0.05, 0.1) is 14.2 Å². The van der Waals surface area contributed by atoms with Crippen LogP contribution in [0.5, 0.6) is 11.5 Å². The van der Waals surface area contributed by atoms with E-state index in [-0.39, 0.29) is 0 Å². The van der Waals surface area contributed by atoms with Crippen molar-refractivity contribution < 1.29 is 9.47 Å². The Morgan fingerprint density at radius 1 is 1.03 bits per heavy atom. The van der Waals surface area contributed by atoms with Gasteiger partial charge in [0.1, 0.15) is 0 Å². The number of methoxy groups -OCH3 is 2. The van der Waals surface area contributed by atoms with Crippen LogP contribution in [-0.2, 0) is 12.3 Å². The number of pyridine rings is 1. The van der Waals surface area contributed by atoms with Crippen LogP contribution in [-0.4, -0.2) is 87.2 Å². The second-order valence-corrected chi connectivity index (χ2v) is 8.64. The minimum absolute atomic E-state index is 0.465. The van der Waals surface area contributed by atoms with Crippen molar-refractivity contribution in [1.82, 2.24) is 30.7 Å². The summed E-state index contributed by atoms with van der Waals surface area (Å²) in [6, 6.07) is 9.40. The van der Waals surface area contributed by atoms with E-state index in [0.29, 0.717) is 42.1 Å². The largest absolute Gasteiger partial charge is 0.493 e. The molecular weight excluding hydrogens is 446 g/mol. The number of ether oxygens (including phenoxy) is 2. The van der Waals surface area contributed by atoms with Crippen molar-refractivity contribution in [2.24, 2.45) is 15.7 Å². The summed E-state index contributed by atoms with van der Waals surface area (Å²) in [5.41, 5.74) is 8.58. The Hall–Kier alpha value is -3.41. The second-order valence-electron chi connectivity index (χ2n) is 8.64. The van der Waals surface area contributed by atoms with Crippen LogP contribution in [0.4, 0.5) is 0 Å². The fraction of sp³-hybridized carbons (Fsp3) is 0.458. The van der Waals surface area contributed by atoms with Crippen molar-refractivity contribution >= 4 is 11.9 Å². The first-order chi connectivity index (χ1) is 17.0. The number of piperazine rings is 1. The maximum absolute atomic E-state index is 6.79. The fourth-order valence-electron chi connectivity index (χ4n) is 3.99. The van der Waals surface area contributed by atoms with Gasteiger partial charge in [-0.25, -0.2) is 4.99 Å². The first-order valence-corrected chi connectivity index (χ1v) is 11.7. The molecule has 2 aliphatic heterocycles. The number of nitrogens with zero attached hydrogens (tertiary/aromatic N) is 5. The molecule has 11 nitrogen and oxygen atoms in total. The molecule has 0 saturated carbocycles. The minimum atomic E-state index is -1.25. The average molecular weight is 482 g/mol. The third kappa shape index (κ3) is 6.38. The molecule has 0 radical (unpaired) electrons. The van der Waals surface area contributed by atoms with Crippen LogP contribution in [0.1, 0.15) is 11.1 Å². The standard InChI is InChI=1S/C24H35N9O2/c1-32-12-14-33(15-13-32)11-10-27-22-29-23(28-17-18-6-8-26-9-7-18)31-24(25,30-22)19-4-5-20(34-2)21(16-19)35-3/h4-9,16H,10-15,17,25H2,1-3H3,(H3,27,28,29,30,31). The SMILES string of the molecule is COc1ccc(C2(N)N=C(NCCN3CCN(C)CC3)N=C(NCc3ccncc3)N2)cc1OC. The molecule has 1 fully saturated rings. The highest BCUT2D eigenvalue weighted by Gasteiger charge is 2.33. The van der Waals surface area contributed by atoms with E-state index in [9.17, 15) is 0 Å². The lowest BCUT2D eigenvalue weighted by molar-refractivity contribution is 0.156. The first-order valence-electron chi connectivity index (χ1n) is 11.7. The van der Waals surface area contributed by atoms with Crippen LogP contribution in [0, 0.1) is 0 Å². The van der Waals surface area contributed by atoms with Crippen LogP contribution in [0.3, 0.4) is 0 Å². The zero-order valence-electron chi connectivity index (χ0n) is 20.6. The number of aliphatic imine (C=N–C) groups is 2. The third-order valence-electron chi connectivity index (χ3n) is 6.15. The molecule has 11 heteroatoms. The summed E-state index contributed by atoms with van der Waals surface area (Å²) in [5, 5.41) is 9.93. The van der Waals surface area contributed by atoms with E-state index in [4.69, 9.17) is 20.2 Å². The molecule has 188 valence electrons. The highest BCUT2D eigenvalue weighted by molar-refractivity contribution is 5.97. The van der Waals surface area contributed by atoms with E-state index in [0.717, 1.165) is 38.3 Å². The van der Waals surface area contributed by atoms with Crippen molar-refractivity contribution in [3.63, 3.8) is 0 Å². The van der Waals surface area contributed by atoms with Gasteiger partial charge in [0.25, 0.3) is 0 Å². The molecule has 1 aromatic carbocycles. The van der Waals surface area contributed by atoms with E-state index in [1.165, 1.54) is 0 Å². The summed E-state index contributed by atoms with van der Waals surface area (Å²) >= 11 is 0. The molecule has 3 heterocycles. The van der Waals surface area contributed by atoms with Gasteiger partial charge in [-0.15, -0.1) is 0 Å². The monoisotopic (exact) mass is 481 g/mol. The lowest BCUT2D eigenvalue weighted by Crippen LogP contribution is -2.59. The number of nitrogens with one attached hydrogen (secondary N) is 3. The molecule has 0 amide bonds. The Morgan fingerprint density at radius 2 is 1.77 bits per heavy atom. The Labute approximate surface area is 206 Å².